The van der Waals surface area contributed by atoms with Crippen molar-refractivity contribution in [2.45, 2.75) is 26.7 Å². The van der Waals surface area contributed by atoms with Gasteiger partial charge in [0.05, 0.1) is 5.69 Å². The molecule has 2 aromatic carbocycles. The number of hydrogen-bond donors (Lipinski definition) is 2. The average Bonchev–Trinajstić information content (AvgIpc) is 2.70. The lowest BCUT2D eigenvalue weighted by atomic mass is 10.1. The van der Waals surface area contributed by atoms with Crippen molar-refractivity contribution in [2.24, 2.45) is 4.99 Å². The van der Waals surface area contributed by atoms with Crippen LogP contribution in [0.1, 0.15) is 23.1 Å². The van der Waals surface area contributed by atoms with E-state index in [1.807, 2.05) is 24.3 Å². The molecule has 0 saturated heterocycles. The van der Waals surface area contributed by atoms with E-state index >= 15 is 0 Å². The summed E-state index contributed by atoms with van der Waals surface area (Å²) < 4.78 is 5.49. The van der Waals surface area contributed by atoms with E-state index in [2.05, 4.69) is 47.7 Å². The van der Waals surface area contributed by atoms with Crippen LogP contribution in [-0.2, 0) is 11.2 Å². The molecule has 1 amide bonds. The molecule has 0 fully saturated rings. The van der Waals surface area contributed by atoms with Crippen molar-refractivity contribution in [3.63, 3.8) is 0 Å². The molecule has 6 nitrogen and oxygen atoms in total. The Bertz CT molecular complexity index is 865. The fourth-order valence-corrected chi connectivity index (χ4v) is 3.60. The maximum atomic E-state index is 12.2. The van der Waals surface area contributed by atoms with Gasteiger partial charge in [-0.05, 0) is 44.4 Å². The first-order chi connectivity index (χ1) is 14.1. The highest BCUT2D eigenvalue weighted by Crippen LogP contribution is 2.31. The Kier molecular flexibility index (Phi) is 9.42. The van der Waals surface area contributed by atoms with E-state index in [1.54, 1.807) is 11.9 Å². The van der Waals surface area contributed by atoms with Gasteiger partial charge in [0.1, 0.15) is 5.75 Å². The predicted molar refractivity (Wildman–Crippen MR) is 133 cm³/mol. The Morgan fingerprint density at radius 2 is 1.80 bits per heavy atom. The Balaban J connectivity index is 0.00000320. The van der Waals surface area contributed by atoms with Crippen LogP contribution in [0.4, 0.5) is 5.69 Å². The lowest BCUT2D eigenvalue weighted by Crippen LogP contribution is -2.42. The van der Waals surface area contributed by atoms with Crippen LogP contribution >= 0.6 is 24.0 Å². The second-order valence-electron chi connectivity index (χ2n) is 7.33. The Hall–Kier alpha value is -2.29. The number of nitrogens with zero attached hydrogens (tertiary/aromatic N) is 2. The van der Waals surface area contributed by atoms with E-state index in [0.717, 1.165) is 43.3 Å². The normalized spacial score (nSPS) is 13.2. The van der Waals surface area contributed by atoms with Crippen molar-refractivity contribution in [3.8, 4) is 5.75 Å². The summed E-state index contributed by atoms with van der Waals surface area (Å²) in [5.74, 6) is 1.55. The summed E-state index contributed by atoms with van der Waals surface area (Å²) in [5.41, 5.74) is 4.76. The van der Waals surface area contributed by atoms with Gasteiger partial charge in [0.15, 0.2) is 12.6 Å². The average molecular weight is 522 g/mol. The van der Waals surface area contributed by atoms with E-state index < -0.39 is 0 Å². The van der Waals surface area contributed by atoms with Crippen molar-refractivity contribution in [3.05, 3.63) is 59.2 Å². The highest BCUT2D eigenvalue weighted by Gasteiger charge is 2.24. The summed E-state index contributed by atoms with van der Waals surface area (Å²) in [7, 11) is 1.77. The lowest BCUT2D eigenvalue weighted by Gasteiger charge is -2.29. The molecule has 1 aliphatic heterocycles. The minimum atomic E-state index is -0.000319. The Morgan fingerprint density at radius 3 is 2.53 bits per heavy atom. The molecule has 162 valence electrons. The van der Waals surface area contributed by atoms with Crippen molar-refractivity contribution in [2.75, 3.05) is 38.2 Å². The molecule has 0 bridgehead atoms. The van der Waals surface area contributed by atoms with Crippen molar-refractivity contribution < 1.29 is 9.53 Å². The number of anilines is 1. The molecule has 3 rings (SSSR count). The molecule has 30 heavy (non-hydrogen) atoms. The number of ether oxygens (including phenoxy) is 1. The summed E-state index contributed by atoms with van der Waals surface area (Å²) >= 11 is 0. The predicted octanol–water partition coefficient (Wildman–Crippen LogP) is 3.44. The number of halogens is 1. The molecule has 0 radical (unpaired) electrons. The molecule has 2 aromatic rings. The third kappa shape index (κ3) is 6.62. The summed E-state index contributed by atoms with van der Waals surface area (Å²) in [6.45, 7) is 6.55. The summed E-state index contributed by atoms with van der Waals surface area (Å²) in [4.78, 5) is 18.3. The van der Waals surface area contributed by atoms with Gasteiger partial charge in [-0.2, -0.15) is 0 Å². The van der Waals surface area contributed by atoms with Crippen LogP contribution in [-0.4, -0.2) is 45.2 Å². The van der Waals surface area contributed by atoms with Crippen molar-refractivity contribution >= 4 is 41.5 Å². The minimum absolute atomic E-state index is 0. The van der Waals surface area contributed by atoms with Crippen molar-refractivity contribution in [1.29, 1.82) is 0 Å². The SMILES string of the molecule is CN=C(NCCCN1C(=O)COc2ccccc21)NCCc1cc(C)cc(C)c1.I. The van der Waals surface area contributed by atoms with Crippen LogP contribution < -0.4 is 20.3 Å². The first-order valence-electron chi connectivity index (χ1n) is 10.1. The number of benzene rings is 2. The summed E-state index contributed by atoms with van der Waals surface area (Å²) in [5, 5.41) is 6.68. The van der Waals surface area contributed by atoms with Gasteiger partial charge in [0.25, 0.3) is 5.91 Å². The summed E-state index contributed by atoms with van der Waals surface area (Å²) in [6.07, 6.45) is 1.76. The van der Waals surface area contributed by atoms with Crippen LogP contribution in [0.2, 0.25) is 0 Å². The first-order valence-corrected chi connectivity index (χ1v) is 10.1. The quantitative estimate of drug-likeness (QED) is 0.253. The Morgan fingerprint density at radius 1 is 1.10 bits per heavy atom. The number of nitrogens with one attached hydrogen (secondary N) is 2. The first kappa shape index (κ1) is 24.0. The Labute approximate surface area is 196 Å². The van der Waals surface area contributed by atoms with Crippen molar-refractivity contribution in [1.82, 2.24) is 10.6 Å². The number of carbonyl (C=O) groups excluding carboxylic acids is 1. The number of guanidine groups is 1. The standard InChI is InChI=1S/C23H30N4O2.HI/c1-17-13-18(2)15-19(14-17)9-11-26-23(24-3)25-10-6-12-27-20-7-4-5-8-21(20)29-16-22(27)28;/h4-5,7-8,13-15H,6,9-12,16H2,1-3H3,(H2,24,25,26);1H. The van der Waals surface area contributed by atoms with E-state index in [0.29, 0.717) is 6.54 Å². The molecule has 1 aliphatic rings. The van der Waals surface area contributed by atoms with Gasteiger partial charge in [-0.1, -0.05) is 41.5 Å². The third-order valence-electron chi connectivity index (χ3n) is 4.87. The minimum Gasteiger partial charge on any atom is -0.482 e. The topological polar surface area (TPSA) is 66.0 Å². The van der Waals surface area contributed by atoms with E-state index in [4.69, 9.17) is 4.74 Å². The molecule has 0 spiro atoms. The summed E-state index contributed by atoms with van der Waals surface area (Å²) in [6, 6.07) is 14.3. The molecule has 0 unspecified atom stereocenters. The zero-order valence-electron chi connectivity index (χ0n) is 17.9. The zero-order valence-corrected chi connectivity index (χ0v) is 20.2. The maximum Gasteiger partial charge on any atom is 0.265 e. The number of rotatable bonds is 7. The molecule has 2 N–H and O–H groups in total. The van der Waals surface area contributed by atoms with E-state index in [1.165, 1.54) is 16.7 Å². The fourth-order valence-electron chi connectivity index (χ4n) is 3.60. The van der Waals surface area contributed by atoms with E-state index in [-0.39, 0.29) is 36.5 Å². The zero-order chi connectivity index (χ0) is 20.6. The van der Waals surface area contributed by atoms with Gasteiger partial charge in [-0.25, -0.2) is 0 Å². The number of fused-ring (bicyclic) bond motifs is 1. The molecule has 0 atom stereocenters. The van der Waals surface area contributed by atoms with Crippen LogP contribution in [0.5, 0.6) is 5.75 Å². The number of aryl methyl sites for hydroxylation is 2. The van der Waals surface area contributed by atoms with Gasteiger partial charge in [-0.15, -0.1) is 24.0 Å². The molecule has 1 heterocycles. The number of amides is 1. The van der Waals surface area contributed by atoms with Gasteiger partial charge < -0.3 is 20.3 Å². The maximum absolute atomic E-state index is 12.2. The van der Waals surface area contributed by atoms with Gasteiger partial charge in [0, 0.05) is 26.7 Å². The largest absolute Gasteiger partial charge is 0.482 e. The molecule has 0 aliphatic carbocycles. The number of carbonyl (C=O) groups is 1. The molecule has 0 aromatic heterocycles. The smallest absolute Gasteiger partial charge is 0.265 e. The molecule has 7 heteroatoms. The van der Waals surface area contributed by atoms with Gasteiger partial charge >= 0.3 is 0 Å². The number of aliphatic imine (C=N–C) groups is 1. The highest BCUT2D eigenvalue weighted by atomic mass is 127. The highest BCUT2D eigenvalue weighted by molar-refractivity contribution is 14.0. The monoisotopic (exact) mass is 522 g/mol. The van der Waals surface area contributed by atoms with E-state index in [9.17, 15) is 4.79 Å². The second-order valence-corrected chi connectivity index (χ2v) is 7.33. The van der Waals surface area contributed by atoms with Gasteiger partial charge in [-0.3, -0.25) is 9.79 Å². The number of para-hydroxylation sites is 2. The molecular formula is C23H31IN4O2. The van der Waals surface area contributed by atoms with Crippen LogP contribution in [0.3, 0.4) is 0 Å². The number of hydrogen-bond acceptors (Lipinski definition) is 3. The molecule has 0 saturated carbocycles. The van der Waals surface area contributed by atoms with Crippen LogP contribution in [0.15, 0.2) is 47.5 Å². The fraction of sp³-hybridized carbons (Fsp3) is 0.391. The second kappa shape index (κ2) is 11.8. The van der Waals surface area contributed by atoms with Crippen LogP contribution in [0.25, 0.3) is 0 Å². The lowest BCUT2D eigenvalue weighted by molar-refractivity contribution is -0.121. The third-order valence-corrected chi connectivity index (χ3v) is 4.87. The van der Waals surface area contributed by atoms with Crippen LogP contribution in [0, 0.1) is 13.8 Å². The van der Waals surface area contributed by atoms with Gasteiger partial charge in [0.2, 0.25) is 0 Å². The molecular weight excluding hydrogens is 491 g/mol.